The summed E-state index contributed by atoms with van der Waals surface area (Å²) in [5.41, 5.74) is 2.76. The Morgan fingerprint density at radius 2 is 1.88 bits per heavy atom. The largest absolute Gasteiger partial charge is 0.494 e. The zero-order valence-corrected chi connectivity index (χ0v) is 17.9. The molecule has 0 radical (unpaired) electrons. The van der Waals surface area contributed by atoms with Crippen molar-refractivity contribution in [2.45, 2.75) is 13.3 Å². The molecular formula is C23H19N3O5S. The molecule has 0 bridgehead atoms. The molecule has 32 heavy (non-hydrogen) atoms. The molecule has 1 amide bonds. The van der Waals surface area contributed by atoms with Crippen LogP contribution in [0, 0.1) is 10.1 Å². The van der Waals surface area contributed by atoms with Crippen molar-refractivity contribution in [2.24, 2.45) is 0 Å². The highest BCUT2D eigenvalue weighted by atomic mass is 32.1. The Kier molecular flexibility index (Phi) is 6.27. The predicted octanol–water partition coefficient (Wildman–Crippen LogP) is 5.55. The predicted molar refractivity (Wildman–Crippen MR) is 121 cm³/mol. The molecular weight excluding hydrogens is 430 g/mol. The second-order valence-electron chi connectivity index (χ2n) is 6.76. The summed E-state index contributed by atoms with van der Waals surface area (Å²) in [5.74, 6) is -0.478. The van der Waals surface area contributed by atoms with Gasteiger partial charge in [-0.3, -0.25) is 20.2 Å². The van der Waals surface area contributed by atoms with Gasteiger partial charge in [0, 0.05) is 16.9 Å². The quantitative estimate of drug-likeness (QED) is 0.279. The van der Waals surface area contributed by atoms with Crippen LogP contribution in [0.5, 0.6) is 5.75 Å². The maximum atomic E-state index is 12.5. The summed E-state index contributed by atoms with van der Waals surface area (Å²) in [5, 5.41) is 13.9. The average molecular weight is 449 g/mol. The Bertz CT molecular complexity index is 1230. The second kappa shape index (κ2) is 9.44. The van der Waals surface area contributed by atoms with Crippen LogP contribution in [0.1, 0.15) is 27.9 Å². The van der Waals surface area contributed by atoms with Gasteiger partial charge in [0.15, 0.2) is 10.9 Å². The molecule has 4 aromatic rings. The molecule has 0 spiro atoms. The van der Waals surface area contributed by atoms with Gasteiger partial charge >= 0.3 is 5.88 Å². The van der Waals surface area contributed by atoms with E-state index in [0.717, 1.165) is 33.5 Å². The number of hydrogen-bond donors (Lipinski definition) is 1. The number of aromatic nitrogens is 1. The van der Waals surface area contributed by atoms with Crippen LogP contribution in [0.15, 0.2) is 71.1 Å². The van der Waals surface area contributed by atoms with Crippen molar-refractivity contribution in [2.75, 3.05) is 11.9 Å². The van der Waals surface area contributed by atoms with E-state index in [-0.39, 0.29) is 5.76 Å². The maximum absolute atomic E-state index is 12.5. The number of amides is 1. The van der Waals surface area contributed by atoms with Crippen LogP contribution in [0.3, 0.4) is 0 Å². The fourth-order valence-electron chi connectivity index (χ4n) is 3.11. The number of nitrogens with zero attached hydrogens (tertiary/aromatic N) is 2. The lowest BCUT2D eigenvalue weighted by Crippen LogP contribution is -2.10. The van der Waals surface area contributed by atoms with Gasteiger partial charge in [-0.1, -0.05) is 30.3 Å². The van der Waals surface area contributed by atoms with E-state index in [4.69, 9.17) is 9.15 Å². The highest BCUT2D eigenvalue weighted by molar-refractivity contribution is 7.16. The van der Waals surface area contributed by atoms with Gasteiger partial charge in [-0.05, 0) is 42.8 Å². The van der Waals surface area contributed by atoms with Crippen molar-refractivity contribution in [1.82, 2.24) is 4.98 Å². The molecule has 0 unspecified atom stereocenters. The van der Waals surface area contributed by atoms with Crippen LogP contribution in [-0.4, -0.2) is 22.4 Å². The SMILES string of the molecule is CCOc1ccc(-c2nc(NC(=O)c3ccc([N+](=O)[O-])o3)sc2Cc2ccccc2)cc1. The van der Waals surface area contributed by atoms with E-state index in [0.29, 0.717) is 18.2 Å². The van der Waals surface area contributed by atoms with Crippen molar-refractivity contribution < 1.29 is 18.9 Å². The fourth-order valence-corrected chi connectivity index (χ4v) is 4.13. The maximum Gasteiger partial charge on any atom is 0.433 e. The molecule has 2 aromatic heterocycles. The van der Waals surface area contributed by atoms with Crippen LogP contribution in [0.25, 0.3) is 11.3 Å². The van der Waals surface area contributed by atoms with E-state index in [2.05, 4.69) is 10.3 Å². The van der Waals surface area contributed by atoms with Crippen molar-refractivity contribution >= 4 is 28.3 Å². The molecule has 0 aliphatic heterocycles. The van der Waals surface area contributed by atoms with E-state index < -0.39 is 16.7 Å². The Hall–Kier alpha value is -3.98. The summed E-state index contributed by atoms with van der Waals surface area (Å²) in [7, 11) is 0. The zero-order valence-electron chi connectivity index (χ0n) is 17.1. The number of furan rings is 1. The first kappa shape index (κ1) is 21.3. The van der Waals surface area contributed by atoms with Gasteiger partial charge in [0.05, 0.1) is 18.4 Å². The van der Waals surface area contributed by atoms with Gasteiger partial charge < -0.3 is 9.15 Å². The van der Waals surface area contributed by atoms with Crippen LogP contribution in [0.2, 0.25) is 0 Å². The molecule has 2 aromatic carbocycles. The molecule has 9 heteroatoms. The van der Waals surface area contributed by atoms with E-state index in [9.17, 15) is 14.9 Å². The minimum absolute atomic E-state index is 0.154. The van der Waals surface area contributed by atoms with Gasteiger partial charge in [0.25, 0.3) is 5.91 Å². The summed E-state index contributed by atoms with van der Waals surface area (Å²) in [6.45, 7) is 2.51. The smallest absolute Gasteiger partial charge is 0.433 e. The first-order valence-electron chi connectivity index (χ1n) is 9.86. The highest BCUT2D eigenvalue weighted by Crippen LogP contribution is 2.34. The fraction of sp³-hybridized carbons (Fsp3) is 0.130. The minimum Gasteiger partial charge on any atom is -0.494 e. The number of hydrogen-bond acceptors (Lipinski definition) is 7. The summed E-state index contributed by atoms with van der Waals surface area (Å²) in [4.78, 5) is 28.2. The van der Waals surface area contributed by atoms with Crippen molar-refractivity contribution in [3.63, 3.8) is 0 Å². The van der Waals surface area contributed by atoms with E-state index in [1.165, 1.54) is 17.4 Å². The Balaban J connectivity index is 1.63. The van der Waals surface area contributed by atoms with Gasteiger partial charge in [-0.15, -0.1) is 11.3 Å². The third-order valence-corrected chi connectivity index (χ3v) is 5.53. The first-order chi connectivity index (χ1) is 15.5. The third-order valence-electron chi connectivity index (χ3n) is 4.56. The minimum atomic E-state index is -0.692. The molecule has 162 valence electrons. The summed E-state index contributed by atoms with van der Waals surface area (Å²) in [6.07, 6.45) is 0.642. The number of benzene rings is 2. The van der Waals surface area contributed by atoms with Crippen molar-refractivity contribution in [3.8, 4) is 17.0 Å². The Labute approximate surface area is 187 Å². The van der Waals surface area contributed by atoms with E-state index >= 15 is 0 Å². The number of ether oxygens (including phenoxy) is 1. The van der Waals surface area contributed by atoms with Crippen molar-refractivity contribution in [1.29, 1.82) is 0 Å². The lowest BCUT2D eigenvalue weighted by Gasteiger charge is -2.05. The lowest BCUT2D eigenvalue weighted by atomic mass is 10.1. The molecule has 4 rings (SSSR count). The monoisotopic (exact) mass is 449 g/mol. The number of thiazole rings is 1. The number of rotatable bonds is 8. The van der Waals surface area contributed by atoms with Gasteiger partial charge in [-0.25, -0.2) is 4.98 Å². The molecule has 1 N–H and O–H groups in total. The molecule has 0 aliphatic rings. The van der Waals surface area contributed by atoms with Crippen LogP contribution in [-0.2, 0) is 6.42 Å². The average Bonchev–Trinajstić information content (AvgIpc) is 3.43. The standard InChI is InChI=1S/C23H19N3O5S/c1-2-30-17-10-8-16(9-11-17)21-19(14-15-6-4-3-5-7-15)32-23(24-21)25-22(27)18-12-13-20(31-18)26(28)29/h3-13H,2,14H2,1H3,(H,24,25,27). The summed E-state index contributed by atoms with van der Waals surface area (Å²) >= 11 is 1.35. The number of carbonyl (C=O) groups is 1. The summed E-state index contributed by atoms with van der Waals surface area (Å²) in [6, 6.07) is 20.0. The Morgan fingerprint density at radius 1 is 1.12 bits per heavy atom. The second-order valence-corrected chi connectivity index (χ2v) is 7.84. The molecule has 8 nitrogen and oxygen atoms in total. The molecule has 0 aliphatic carbocycles. The van der Waals surface area contributed by atoms with Gasteiger partial charge in [0.2, 0.25) is 0 Å². The molecule has 0 saturated carbocycles. The summed E-state index contributed by atoms with van der Waals surface area (Å²) < 4.78 is 10.5. The molecule has 0 saturated heterocycles. The number of carbonyl (C=O) groups excluding carboxylic acids is 1. The van der Waals surface area contributed by atoms with Crippen LogP contribution >= 0.6 is 11.3 Å². The normalized spacial score (nSPS) is 10.7. The Morgan fingerprint density at radius 3 is 2.53 bits per heavy atom. The number of nitrogens with one attached hydrogen (secondary N) is 1. The van der Waals surface area contributed by atoms with E-state index in [1.54, 1.807) is 0 Å². The number of anilines is 1. The zero-order chi connectivity index (χ0) is 22.5. The van der Waals surface area contributed by atoms with Crippen LogP contribution < -0.4 is 10.1 Å². The number of nitro groups is 1. The van der Waals surface area contributed by atoms with Gasteiger partial charge in [0.1, 0.15) is 10.7 Å². The van der Waals surface area contributed by atoms with E-state index in [1.807, 2.05) is 61.5 Å². The highest BCUT2D eigenvalue weighted by Gasteiger charge is 2.20. The van der Waals surface area contributed by atoms with Crippen molar-refractivity contribution in [3.05, 3.63) is 93.0 Å². The third kappa shape index (κ3) is 4.84. The van der Waals surface area contributed by atoms with Gasteiger partial charge in [-0.2, -0.15) is 0 Å². The topological polar surface area (TPSA) is 108 Å². The molecule has 0 atom stereocenters. The first-order valence-corrected chi connectivity index (χ1v) is 10.7. The molecule has 2 heterocycles. The van der Waals surface area contributed by atoms with Crippen LogP contribution in [0.4, 0.5) is 11.0 Å². The lowest BCUT2D eigenvalue weighted by molar-refractivity contribution is -0.402. The molecule has 0 fully saturated rings.